The first-order valence-corrected chi connectivity index (χ1v) is 6.93. The number of hydrogen-bond donors (Lipinski definition) is 1. The van der Waals surface area contributed by atoms with E-state index < -0.39 is 0 Å². The van der Waals surface area contributed by atoms with Crippen LogP contribution in [0.5, 0.6) is 0 Å². The molecule has 2 N–H and O–H groups in total. The predicted octanol–water partition coefficient (Wildman–Crippen LogP) is 1.14. The molecule has 1 fully saturated rings. The standard InChI is InChI=1S/C13H20N6/c1-10-8-12(19-13(17-10)15-9-16-19)18-7-3-2-4-11(18)5-6-14/h8-9,11H,2-7,14H2,1H3. The fourth-order valence-electron chi connectivity index (χ4n) is 2.91. The second-order valence-corrected chi connectivity index (χ2v) is 5.15. The monoisotopic (exact) mass is 260 g/mol. The van der Waals surface area contributed by atoms with Crippen LogP contribution in [-0.2, 0) is 0 Å². The predicted molar refractivity (Wildman–Crippen MR) is 74.2 cm³/mol. The van der Waals surface area contributed by atoms with Crippen molar-refractivity contribution < 1.29 is 0 Å². The van der Waals surface area contributed by atoms with Gasteiger partial charge in [0.05, 0.1) is 0 Å². The van der Waals surface area contributed by atoms with Crippen molar-refractivity contribution >= 4 is 11.6 Å². The molecule has 1 aliphatic heterocycles. The average molecular weight is 260 g/mol. The summed E-state index contributed by atoms with van der Waals surface area (Å²) < 4.78 is 1.84. The SMILES string of the molecule is Cc1cc(N2CCCCC2CCN)n2ncnc2n1. The van der Waals surface area contributed by atoms with Gasteiger partial charge in [-0.2, -0.15) is 14.6 Å². The molecule has 102 valence electrons. The van der Waals surface area contributed by atoms with Crippen molar-refractivity contribution in [3.63, 3.8) is 0 Å². The van der Waals surface area contributed by atoms with Gasteiger partial charge >= 0.3 is 0 Å². The fraction of sp³-hybridized carbons (Fsp3) is 0.615. The zero-order valence-corrected chi connectivity index (χ0v) is 11.3. The van der Waals surface area contributed by atoms with Crippen LogP contribution >= 0.6 is 0 Å². The number of rotatable bonds is 3. The lowest BCUT2D eigenvalue weighted by atomic mass is 9.99. The largest absolute Gasteiger partial charge is 0.353 e. The highest BCUT2D eigenvalue weighted by Gasteiger charge is 2.24. The lowest BCUT2D eigenvalue weighted by molar-refractivity contribution is 0.436. The maximum atomic E-state index is 5.75. The average Bonchev–Trinajstić information content (AvgIpc) is 2.87. The van der Waals surface area contributed by atoms with E-state index in [4.69, 9.17) is 5.73 Å². The molecule has 0 aromatic carbocycles. The van der Waals surface area contributed by atoms with Gasteiger partial charge in [0.2, 0.25) is 0 Å². The minimum absolute atomic E-state index is 0.507. The van der Waals surface area contributed by atoms with E-state index in [0.717, 1.165) is 31.0 Å². The van der Waals surface area contributed by atoms with E-state index in [0.29, 0.717) is 11.8 Å². The quantitative estimate of drug-likeness (QED) is 0.896. The second-order valence-electron chi connectivity index (χ2n) is 5.15. The highest BCUT2D eigenvalue weighted by atomic mass is 15.4. The Morgan fingerprint density at radius 3 is 3.16 bits per heavy atom. The maximum absolute atomic E-state index is 5.75. The maximum Gasteiger partial charge on any atom is 0.254 e. The molecule has 0 bridgehead atoms. The van der Waals surface area contributed by atoms with Crippen LogP contribution in [-0.4, -0.2) is 38.7 Å². The summed E-state index contributed by atoms with van der Waals surface area (Å²) in [6.45, 7) is 3.79. The molecule has 0 spiro atoms. The summed E-state index contributed by atoms with van der Waals surface area (Å²) in [6.07, 6.45) is 6.30. The number of hydrogen-bond acceptors (Lipinski definition) is 5. The Hall–Kier alpha value is -1.69. The van der Waals surface area contributed by atoms with Gasteiger partial charge in [-0.25, -0.2) is 4.98 Å². The second kappa shape index (κ2) is 5.13. The summed E-state index contributed by atoms with van der Waals surface area (Å²) >= 11 is 0. The van der Waals surface area contributed by atoms with Crippen LogP contribution in [0.25, 0.3) is 5.78 Å². The minimum atomic E-state index is 0.507. The molecule has 1 atom stereocenters. The number of anilines is 1. The van der Waals surface area contributed by atoms with Crippen molar-refractivity contribution in [1.29, 1.82) is 0 Å². The Bertz CT molecular complexity index is 561. The zero-order chi connectivity index (χ0) is 13.2. The highest BCUT2D eigenvalue weighted by molar-refractivity contribution is 5.48. The number of aryl methyl sites for hydroxylation is 1. The molecule has 3 rings (SSSR count). The van der Waals surface area contributed by atoms with Crippen LogP contribution in [0, 0.1) is 6.92 Å². The molecule has 6 heteroatoms. The smallest absolute Gasteiger partial charge is 0.254 e. The lowest BCUT2D eigenvalue weighted by Gasteiger charge is -2.37. The Balaban J connectivity index is 2.03. The first-order chi connectivity index (χ1) is 9.29. The van der Waals surface area contributed by atoms with Crippen LogP contribution in [0.2, 0.25) is 0 Å². The van der Waals surface area contributed by atoms with Gasteiger partial charge in [-0.1, -0.05) is 0 Å². The lowest BCUT2D eigenvalue weighted by Crippen LogP contribution is -2.42. The molecule has 2 aromatic heterocycles. The molecule has 1 aliphatic rings. The molecule has 19 heavy (non-hydrogen) atoms. The topological polar surface area (TPSA) is 72.3 Å². The van der Waals surface area contributed by atoms with Gasteiger partial charge in [0, 0.05) is 24.3 Å². The summed E-state index contributed by atoms with van der Waals surface area (Å²) in [4.78, 5) is 11.0. The van der Waals surface area contributed by atoms with E-state index in [1.54, 1.807) is 6.33 Å². The van der Waals surface area contributed by atoms with Crippen LogP contribution in [0.1, 0.15) is 31.4 Å². The molecule has 3 heterocycles. The summed E-state index contributed by atoms with van der Waals surface area (Å²) in [5.74, 6) is 1.77. The fourth-order valence-corrected chi connectivity index (χ4v) is 2.91. The molecular formula is C13H20N6. The molecular weight excluding hydrogens is 240 g/mol. The van der Waals surface area contributed by atoms with E-state index in [2.05, 4.69) is 26.0 Å². The van der Waals surface area contributed by atoms with Crippen molar-refractivity contribution in [2.45, 2.75) is 38.6 Å². The molecule has 1 saturated heterocycles. The van der Waals surface area contributed by atoms with Gasteiger partial charge in [-0.15, -0.1) is 0 Å². The van der Waals surface area contributed by atoms with Crippen molar-refractivity contribution in [2.75, 3.05) is 18.0 Å². The van der Waals surface area contributed by atoms with E-state index in [1.807, 2.05) is 11.4 Å². The van der Waals surface area contributed by atoms with Crippen LogP contribution in [0.4, 0.5) is 5.82 Å². The normalized spacial score (nSPS) is 20.1. The first-order valence-electron chi connectivity index (χ1n) is 6.93. The van der Waals surface area contributed by atoms with Gasteiger partial charge < -0.3 is 10.6 Å². The van der Waals surface area contributed by atoms with Crippen molar-refractivity contribution in [1.82, 2.24) is 19.6 Å². The van der Waals surface area contributed by atoms with Crippen LogP contribution in [0.15, 0.2) is 12.4 Å². The van der Waals surface area contributed by atoms with Gasteiger partial charge in [-0.05, 0) is 39.2 Å². The Kier molecular flexibility index (Phi) is 3.33. The van der Waals surface area contributed by atoms with E-state index >= 15 is 0 Å². The molecule has 0 radical (unpaired) electrons. The van der Waals surface area contributed by atoms with Crippen LogP contribution < -0.4 is 10.6 Å². The van der Waals surface area contributed by atoms with E-state index in [9.17, 15) is 0 Å². The zero-order valence-electron chi connectivity index (χ0n) is 11.3. The Labute approximate surface area is 112 Å². The molecule has 0 saturated carbocycles. The van der Waals surface area contributed by atoms with Gasteiger partial charge in [0.15, 0.2) is 0 Å². The highest BCUT2D eigenvalue weighted by Crippen LogP contribution is 2.26. The third-order valence-electron chi connectivity index (χ3n) is 3.78. The minimum Gasteiger partial charge on any atom is -0.353 e. The number of aromatic nitrogens is 4. The number of piperidine rings is 1. The number of fused-ring (bicyclic) bond motifs is 1. The summed E-state index contributed by atoms with van der Waals surface area (Å²) in [5, 5.41) is 4.30. The number of nitrogens with zero attached hydrogens (tertiary/aromatic N) is 5. The van der Waals surface area contributed by atoms with E-state index in [-0.39, 0.29) is 0 Å². The van der Waals surface area contributed by atoms with Crippen molar-refractivity contribution in [2.24, 2.45) is 5.73 Å². The molecule has 0 aliphatic carbocycles. The summed E-state index contributed by atoms with van der Waals surface area (Å²) in [7, 11) is 0. The molecule has 1 unspecified atom stereocenters. The summed E-state index contributed by atoms with van der Waals surface area (Å²) in [6, 6.07) is 2.60. The third kappa shape index (κ3) is 2.28. The van der Waals surface area contributed by atoms with Gasteiger partial charge in [-0.3, -0.25) is 0 Å². The van der Waals surface area contributed by atoms with Crippen molar-refractivity contribution in [3.05, 3.63) is 18.1 Å². The van der Waals surface area contributed by atoms with Gasteiger partial charge in [0.1, 0.15) is 12.1 Å². The number of nitrogens with two attached hydrogens (primary N) is 1. The Morgan fingerprint density at radius 2 is 2.32 bits per heavy atom. The molecule has 6 nitrogen and oxygen atoms in total. The van der Waals surface area contributed by atoms with Crippen LogP contribution in [0.3, 0.4) is 0 Å². The third-order valence-corrected chi connectivity index (χ3v) is 3.78. The van der Waals surface area contributed by atoms with Crippen molar-refractivity contribution in [3.8, 4) is 0 Å². The summed E-state index contributed by atoms with van der Waals surface area (Å²) in [5.41, 5.74) is 6.73. The Morgan fingerprint density at radius 1 is 1.42 bits per heavy atom. The molecule has 2 aromatic rings. The van der Waals surface area contributed by atoms with E-state index in [1.165, 1.54) is 19.3 Å². The van der Waals surface area contributed by atoms with Gasteiger partial charge in [0.25, 0.3) is 5.78 Å². The molecule has 0 amide bonds. The first kappa shape index (κ1) is 12.3.